The Morgan fingerprint density at radius 1 is 1.16 bits per heavy atom. The number of likely N-dealkylation sites (N-methyl/N-ethyl adjacent to an activating group) is 1. The maximum atomic E-state index is 12.4. The number of pyridine rings is 1. The van der Waals surface area contributed by atoms with E-state index in [1.807, 2.05) is 37.3 Å². The number of rotatable bonds is 7. The molecule has 0 bridgehead atoms. The van der Waals surface area contributed by atoms with Crippen LogP contribution in [0.3, 0.4) is 0 Å². The van der Waals surface area contributed by atoms with Crippen LogP contribution in [0.15, 0.2) is 42.5 Å². The van der Waals surface area contributed by atoms with Gasteiger partial charge in [-0.25, -0.2) is 4.98 Å². The van der Waals surface area contributed by atoms with Crippen LogP contribution in [0, 0.1) is 6.92 Å². The van der Waals surface area contributed by atoms with E-state index in [2.05, 4.69) is 26.2 Å². The van der Waals surface area contributed by atoms with Gasteiger partial charge in [-0.1, -0.05) is 57.3 Å². The lowest BCUT2D eigenvalue weighted by atomic mass is 10.1. The van der Waals surface area contributed by atoms with Gasteiger partial charge in [-0.3, -0.25) is 9.59 Å². The Bertz CT molecular complexity index is 1140. The lowest BCUT2D eigenvalue weighted by molar-refractivity contribution is -0.123. The van der Waals surface area contributed by atoms with E-state index in [-0.39, 0.29) is 30.3 Å². The first kappa shape index (κ1) is 23.3. The van der Waals surface area contributed by atoms with Crippen molar-refractivity contribution < 1.29 is 14.3 Å². The van der Waals surface area contributed by atoms with Gasteiger partial charge in [0.15, 0.2) is 0 Å². The molecule has 0 aliphatic carbocycles. The zero-order chi connectivity index (χ0) is 22.5. The number of alkyl halides is 1. The summed E-state index contributed by atoms with van der Waals surface area (Å²) < 4.78 is 6.01. The van der Waals surface area contributed by atoms with Crippen molar-refractivity contribution in [3.8, 4) is 5.75 Å². The highest BCUT2D eigenvalue weighted by molar-refractivity contribution is 9.09. The molecule has 9 heteroatoms. The van der Waals surface area contributed by atoms with E-state index in [4.69, 9.17) is 27.9 Å². The van der Waals surface area contributed by atoms with Crippen LogP contribution in [-0.2, 0) is 16.2 Å². The molecule has 31 heavy (non-hydrogen) atoms. The van der Waals surface area contributed by atoms with Crippen LogP contribution in [-0.4, -0.2) is 35.7 Å². The molecule has 6 nitrogen and oxygen atoms in total. The van der Waals surface area contributed by atoms with E-state index >= 15 is 0 Å². The van der Waals surface area contributed by atoms with Gasteiger partial charge >= 0.3 is 0 Å². The van der Waals surface area contributed by atoms with E-state index in [0.29, 0.717) is 27.0 Å². The fourth-order valence-corrected chi connectivity index (χ4v) is 3.74. The van der Waals surface area contributed by atoms with Crippen molar-refractivity contribution in [3.63, 3.8) is 0 Å². The molecule has 0 atom stereocenters. The van der Waals surface area contributed by atoms with Crippen molar-refractivity contribution >= 4 is 67.5 Å². The van der Waals surface area contributed by atoms with Crippen molar-refractivity contribution in [1.82, 2.24) is 10.3 Å². The Morgan fingerprint density at radius 3 is 2.68 bits per heavy atom. The summed E-state index contributed by atoms with van der Waals surface area (Å²) in [6.07, 6.45) is 0. The standard InChI is InChI=1S/C22H20BrCl2N3O3/c1-13-6-7-14-4-3-5-18(22(14)27-13)31-12-15-16(24)8-9-17(21(15)25)28(2)20(30)11-26-19(29)10-23/h3-9H,10-12H2,1-2H3,(H,26,29). The quantitative estimate of drug-likeness (QED) is 0.446. The molecule has 1 aromatic heterocycles. The molecule has 0 unspecified atom stereocenters. The predicted octanol–water partition coefficient (Wildman–Crippen LogP) is 4.90. The van der Waals surface area contributed by atoms with Gasteiger partial charge in [-0.05, 0) is 31.2 Å². The first-order chi connectivity index (χ1) is 14.8. The van der Waals surface area contributed by atoms with Gasteiger partial charge in [0.2, 0.25) is 11.8 Å². The van der Waals surface area contributed by atoms with E-state index in [1.165, 1.54) is 4.90 Å². The Hall–Kier alpha value is -2.35. The summed E-state index contributed by atoms with van der Waals surface area (Å²) in [6, 6.07) is 12.9. The largest absolute Gasteiger partial charge is 0.487 e. The normalized spacial score (nSPS) is 10.7. The topological polar surface area (TPSA) is 71.5 Å². The number of nitrogens with one attached hydrogen (secondary N) is 1. The van der Waals surface area contributed by atoms with Crippen molar-refractivity contribution in [2.45, 2.75) is 13.5 Å². The highest BCUT2D eigenvalue weighted by Crippen LogP contribution is 2.35. The summed E-state index contributed by atoms with van der Waals surface area (Å²) in [5, 5.41) is 4.33. The van der Waals surface area contributed by atoms with Crippen molar-refractivity contribution in [3.05, 3.63) is 63.8 Å². The highest BCUT2D eigenvalue weighted by Gasteiger charge is 2.19. The van der Waals surface area contributed by atoms with Crippen LogP contribution >= 0.6 is 39.1 Å². The zero-order valence-corrected chi connectivity index (χ0v) is 20.0. The molecule has 1 heterocycles. The molecular formula is C22H20BrCl2N3O3. The SMILES string of the molecule is Cc1ccc2cccc(OCc3c(Cl)ccc(N(C)C(=O)CNC(=O)CBr)c3Cl)c2n1. The zero-order valence-electron chi connectivity index (χ0n) is 16.9. The number of carbonyl (C=O) groups excluding carboxylic acids is 2. The molecule has 3 rings (SSSR count). The average Bonchev–Trinajstić information content (AvgIpc) is 2.76. The second kappa shape index (κ2) is 10.3. The van der Waals surface area contributed by atoms with Crippen LogP contribution < -0.4 is 15.0 Å². The number of hydrogen-bond acceptors (Lipinski definition) is 4. The number of fused-ring (bicyclic) bond motifs is 1. The maximum Gasteiger partial charge on any atom is 0.246 e. The Kier molecular flexibility index (Phi) is 7.75. The molecule has 0 fully saturated rings. The molecule has 2 aromatic carbocycles. The molecule has 0 radical (unpaired) electrons. The first-order valence-electron chi connectivity index (χ1n) is 9.37. The summed E-state index contributed by atoms with van der Waals surface area (Å²) >= 11 is 16.0. The van der Waals surface area contributed by atoms with Crippen LogP contribution in [0.5, 0.6) is 5.75 Å². The second-order valence-electron chi connectivity index (χ2n) is 6.79. The number of aryl methyl sites for hydroxylation is 1. The van der Waals surface area contributed by atoms with E-state index < -0.39 is 0 Å². The average molecular weight is 525 g/mol. The number of halogens is 3. The summed E-state index contributed by atoms with van der Waals surface area (Å²) in [5.41, 5.74) is 2.65. The van der Waals surface area contributed by atoms with E-state index in [1.54, 1.807) is 19.2 Å². The highest BCUT2D eigenvalue weighted by atomic mass is 79.9. The Morgan fingerprint density at radius 2 is 1.94 bits per heavy atom. The third kappa shape index (κ3) is 5.47. The molecule has 0 saturated carbocycles. The number of amides is 2. The number of ether oxygens (including phenoxy) is 1. The fraction of sp³-hybridized carbons (Fsp3) is 0.227. The van der Waals surface area contributed by atoms with Crippen LogP contribution in [0.1, 0.15) is 11.3 Å². The predicted molar refractivity (Wildman–Crippen MR) is 127 cm³/mol. The maximum absolute atomic E-state index is 12.4. The van der Waals surface area contributed by atoms with Crippen LogP contribution in [0.25, 0.3) is 10.9 Å². The van der Waals surface area contributed by atoms with Crippen LogP contribution in [0.4, 0.5) is 5.69 Å². The minimum Gasteiger partial charge on any atom is -0.487 e. The van der Waals surface area contributed by atoms with Crippen molar-refractivity contribution in [2.75, 3.05) is 23.8 Å². The second-order valence-corrected chi connectivity index (χ2v) is 8.14. The number of aromatic nitrogens is 1. The fourth-order valence-electron chi connectivity index (χ4n) is 2.93. The van der Waals surface area contributed by atoms with Crippen LogP contribution in [0.2, 0.25) is 10.0 Å². The molecule has 0 aliphatic heterocycles. The minimum absolute atomic E-state index is 0.0998. The Balaban J connectivity index is 1.82. The molecule has 1 N–H and O–H groups in total. The lowest BCUT2D eigenvalue weighted by Crippen LogP contribution is -2.38. The smallest absolute Gasteiger partial charge is 0.246 e. The number of nitrogens with zero attached hydrogens (tertiary/aromatic N) is 2. The number of anilines is 1. The van der Waals surface area contributed by atoms with E-state index in [9.17, 15) is 9.59 Å². The molecule has 2 amide bonds. The molecule has 0 spiro atoms. The third-order valence-corrected chi connectivity index (χ3v) is 5.94. The monoisotopic (exact) mass is 523 g/mol. The van der Waals surface area contributed by atoms with Crippen molar-refractivity contribution in [2.24, 2.45) is 0 Å². The van der Waals surface area contributed by atoms with Gasteiger partial charge in [0.1, 0.15) is 17.9 Å². The van der Waals surface area contributed by atoms with Gasteiger partial charge in [0.05, 0.1) is 22.6 Å². The number of carbonyl (C=O) groups is 2. The molecular weight excluding hydrogens is 505 g/mol. The van der Waals surface area contributed by atoms with E-state index in [0.717, 1.165) is 16.6 Å². The molecule has 0 aliphatic rings. The lowest BCUT2D eigenvalue weighted by Gasteiger charge is -2.21. The number of hydrogen-bond donors (Lipinski definition) is 1. The van der Waals surface area contributed by atoms with Gasteiger partial charge in [0, 0.05) is 28.7 Å². The molecule has 0 saturated heterocycles. The summed E-state index contributed by atoms with van der Waals surface area (Å²) in [7, 11) is 1.58. The number of benzene rings is 2. The minimum atomic E-state index is -0.320. The molecule has 162 valence electrons. The summed E-state index contributed by atoms with van der Waals surface area (Å²) in [4.78, 5) is 29.8. The van der Waals surface area contributed by atoms with Gasteiger partial charge < -0.3 is 15.0 Å². The van der Waals surface area contributed by atoms with Gasteiger partial charge in [0.25, 0.3) is 0 Å². The first-order valence-corrected chi connectivity index (χ1v) is 11.2. The van der Waals surface area contributed by atoms with Crippen molar-refractivity contribution in [1.29, 1.82) is 0 Å². The molecule has 3 aromatic rings. The third-order valence-electron chi connectivity index (χ3n) is 4.65. The Labute approximate surface area is 198 Å². The van der Waals surface area contributed by atoms with Gasteiger partial charge in [-0.15, -0.1) is 0 Å². The van der Waals surface area contributed by atoms with Gasteiger partial charge in [-0.2, -0.15) is 0 Å². The summed E-state index contributed by atoms with van der Waals surface area (Å²) in [6.45, 7) is 1.87. The summed E-state index contributed by atoms with van der Waals surface area (Å²) in [5.74, 6) is 0.0109. The number of para-hydroxylation sites is 1.